The highest BCUT2D eigenvalue weighted by Crippen LogP contribution is 2.34. The minimum atomic E-state index is -0.270. The molecule has 0 bridgehead atoms. The Morgan fingerprint density at radius 2 is 1.71 bits per heavy atom. The highest BCUT2D eigenvalue weighted by molar-refractivity contribution is 5.82. The minimum Gasteiger partial charge on any atom is -0.490 e. The molecule has 0 saturated heterocycles. The third-order valence-electron chi connectivity index (χ3n) is 5.33. The van der Waals surface area contributed by atoms with Crippen LogP contribution >= 0.6 is 0 Å². The maximum atomic E-state index is 13.3. The van der Waals surface area contributed by atoms with E-state index in [0.717, 1.165) is 33.5 Å². The van der Waals surface area contributed by atoms with E-state index in [9.17, 15) is 4.39 Å². The smallest absolute Gasteiger partial charge is 0.157 e. The predicted octanol–water partition coefficient (Wildman–Crippen LogP) is 6.80. The molecule has 0 aliphatic heterocycles. The van der Waals surface area contributed by atoms with Gasteiger partial charge >= 0.3 is 0 Å². The predicted molar refractivity (Wildman–Crippen MR) is 131 cm³/mol. The molecular weight excluding hydrogens is 429 g/mol. The van der Waals surface area contributed by atoms with E-state index in [1.54, 1.807) is 18.3 Å². The normalized spacial score (nSPS) is 11.2. The number of halogens is 1. The number of H-pyrrole nitrogens is 1. The first-order valence-corrected chi connectivity index (χ1v) is 11.1. The summed E-state index contributed by atoms with van der Waals surface area (Å²) in [4.78, 5) is 12.6. The van der Waals surface area contributed by atoms with Crippen LogP contribution in [-0.2, 0) is 6.61 Å². The monoisotopic (exact) mass is 453 g/mol. The molecule has 1 N–H and O–H groups in total. The zero-order valence-corrected chi connectivity index (χ0v) is 19.0. The molecule has 5 rings (SSSR count). The molecule has 0 saturated carbocycles. The summed E-state index contributed by atoms with van der Waals surface area (Å²) in [6.45, 7) is 4.44. The Labute approximate surface area is 197 Å². The molecular formula is C28H24FN3O2. The minimum absolute atomic E-state index is 0.0179. The Kier molecular flexibility index (Phi) is 5.95. The SMILES string of the molecule is CC(C)Oc1cc(OCc2ccccc2)ccc1-c1nc2cc(-c3ccc(F)cc3)cnc2[nH]1. The number of rotatable bonds is 7. The van der Waals surface area contributed by atoms with Gasteiger partial charge in [-0.15, -0.1) is 0 Å². The van der Waals surface area contributed by atoms with Crippen molar-refractivity contribution in [3.05, 3.63) is 96.4 Å². The summed E-state index contributed by atoms with van der Waals surface area (Å²) in [5.41, 5.74) is 5.05. The van der Waals surface area contributed by atoms with Crippen molar-refractivity contribution in [2.75, 3.05) is 0 Å². The lowest BCUT2D eigenvalue weighted by Crippen LogP contribution is -2.07. The summed E-state index contributed by atoms with van der Waals surface area (Å²) >= 11 is 0. The van der Waals surface area contributed by atoms with Gasteiger partial charge < -0.3 is 14.5 Å². The van der Waals surface area contributed by atoms with Gasteiger partial charge in [-0.3, -0.25) is 0 Å². The standard InChI is InChI=1S/C28H24FN3O2/c1-18(2)34-26-15-23(33-17-19-6-4-3-5-7-19)12-13-24(26)27-31-25-14-21(16-30-28(25)32-27)20-8-10-22(29)11-9-20/h3-16,18H,17H2,1-2H3,(H,30,31,32). The maximum Gasteiger partial charge on any atom is 0.157 e. The lowest BCUT2D eigenvalue weighted by Gasteiger charge is -2.15. The van der Waals surface area contributed by atoms with Gasteiger partial charge in [-0.25, -0.2) is 14.4 Å². The number of fused-ring (bicyclic) bond motifs is 1. The van der Waals surface area contributed by atoms with Crippen molar-refractivity contribution in [2.45, 2.75) is 26.6 Å². The highest BCUT2D eigenvalue weighted by Gasteiger charge is 2.15. The number of benzene rings is 3. The number of nitrogens with zero attached hydrogens (tertiary/aromatic N) is 2. The second-order valence-corrected chi connectivity index (χ2v) is 8.28. The number of hydrogen-bond donors (Lipinski definition) is 1. The quantitative estimate of drug-likeness (QED) is 0.294. The Balaban J connectivity index is 1.46. The third kappa shape index (κ3) is 4.76. The van der Waals surface area contributed by atoms with Gasteiger partial charge in [-0.1, -0.05) is 42.5 Å². The number of aromatic amines is 1. The third-order valence-corrected chi connectivity index (χ3v) is 5.33. The van der Waals surface area contributed by atoms with E-state index in [4.69, 9.17) is 14.5 Å². The first kappa shape index (κ1) is 21.6. The number of hydrogen-bond acceptors (Lipinski definition) is 4. The summed E-state index contributed by atoms with van der Waals surface area (Å²) in [6, 6.07) is 24.0. The van der Waals surface area contributed by atoms with Crippen molar-refractivity contribution in [2.24, 2.45) is 0 Å². The van der Waals surface area contributed by atoms with Crippen LogP contribution in [0.25, 0.3) is 33.7 Å². The summed E-state index contributed by atoms with van der Waals surface area (Å²) in [6.07, 6.45) is 1.74. The Hall–Kier alpha value is -4.19. The van der Waals surface area contributed by atoms with Gasteiger partial charge in [0.25, 0.3) is 0 Å². The Morgan fingerprint density at radius 1 is 0.912 bits per heavy atom. The molecule has 170 valence electrons. The fourth-order valence-corrected chi connectivity index (χ4v) is 3.70. The molecule has 0 aliphatic rings. The van der Waals surface area contributed by atoms with Gasteiger partial charge in [0.05, 0.1) is 11.7 Å². The van der Waals surface area contributed by atoms with Crippen molar-refractivity contribution in [1.82, 2.24) is 15.0 Å². The van der Waals surface area contributed by atoms with E-state index >= 15 is 0 Å². The lowest BCUT2D eigenvalue weighted by molar-refractivity contribution is 0.240. The molecule has 34 heavy (non-hydrogen) atoms. The summed E-state index contributed by atoms with van der Waals surface area (Å²) in [5, 5.41) is 0. The van der Waals surface area contributed by atoms with E-state index < -0.39 is 0 Å². The van der Waals surface area contributed by atoms with Gasteiger partial charge in [0.15, 0.2) is 5.65 Å². The Bertz CT molecular complexity index is 1410. The molecule has 0 atom stereocenters. The number of ether oxygens (including phenoxy) is 2. The fourth-order valence-electron chi connectivity index (χ4n) is 3.70. The molecule has 0 amide bonds. The van der Waals surface area contributed by atoms with Crippen LogP contribution in [0.3, 0.4) is 0 Å². The first-order chi connectivity index (χ1) is 16.5. The average Bonchev–Trinajstić information content (AvgIpc) is 3.27. The zero-order valence-electron chi connectivity index (χ0n) is 19.0. The van der Waals surface area contributed by atoms with Crippen LogP contribution in [0.4, 0.5) is 4.39 Å². The summed E-state index contributed by atoms with van der Waals surface area (Å²) in [5.74, 6) is 1.78. The molecule has 3 aromatic carbocycles. The molecule has 0 radical (unpaired) electrons. The number of pyridine rings is 1. The Morgan fingerprint density at radius 3 is 2.47 bits per heavy atom. The largest absolute Gasteiger partial charge is 0.490 e. The summed E-state index contributed by atoms with van der Waals surface area (Å²) in [7, 11) is 0. The average molecular weight is 454 g/mol. The fraction of sp³-hybridized carbons (Fsp3) is 0.143. The van der Waals surface area contributed by atoms with E-state index in [0.29, 0.717) is 23.8 Å². The van der Waals surface area contributed by atoms with Gasteiger partial charge in [0.1, 0.15) is 35.3 Å². The molecule has 0 spiro atoms. The van der Waals surface area contributed by atoms with Crippen molar-refractivity contribution >= 4 is 11.2 Å². The van der Waals surface area contributed by atoms with E-state index in [1.807, 2.05) is 68.4 Å². The van der Waals surface area contributed by atoms with Gasteiger partial charge in [0.2, 0.25) is 0 Å². The van der Waals surface area contributed by atoms with Crippen molar-refractivity contribution < 1.29 is 13.9 Å². The van der Waals surface area contributed by atoms with Crippen LogP contribution in [0, 0.1) is 5.82 Å². The lowest BCUT2D eigenvalue weighted by atomic mass is 10.1. The van der Waals surface area contributed by atoms with Crippen LogP contribution in [-0.4, -0.2) is 21.1 Å². The molecule has 2 aromatic heterocycles. The molecule has 2 heterocycles. The van der Waals surface area contributed by atoms with Crippen LogP contribution in [0.15, 0.2) is 85.1 Å². The van der Waals surface area contributed by atoms with Gasteiger partial charge in [-0.05, 0) is 55.3 Å². The van der Waals surface area contributed by atoms with Gasteiger partial charge in [-0.2, -0.15) is 0 Å². The summed E-state index contributed by atoms with van der Waals surface area (Å²) < 4.78 is 25.4. The van der Waals surface area contributed by atoms with Crippen LogP contribution in [0.5, 0.6) is 11.5 Å². The van der Waals surface area contributed by atoms with E-state index in [2.05, 4.69) is 9.97 Å². The highest BCUT2D eigenvalue weighted by atomic mass is 19.1. The molecule has 6 heteroatoms. The van der Waals surface area contributed by atoms with Crippen molar-refractivity contribution in [1.29, 1.82) is 0 Å². The second-order valence-electron chi connectivity index (χ2n) is 8.28. The number of aromatic nitrogens is 3. The van der Waals surface area contributed by atoms with Crippen molar-refractivity contribution in [3.63, 3.8) is 0 Å². The van der Waals surface area contributed by atoms with Crippen LogP contribution < -0.4 is 9.47 Å². The van der Waals surface area contributed by atoms with Gasteiger partial charge in [0, 0.05) is 17.8 Å². The number of imidazole rings is 1. The zero-order chi connectivity index (χ0) is 23.5. The molecule has 0 fully saturated rings. The van der Waals surface area contributed by atoms with E-state index in [1.165, 1.54) is 12.1 Å². The van der Waals surface area contributed by atoms with Crippen LogP contribution in [0.2, 0.25) is 0 Å². The topological polar surface area (TPSA) is 60.0 Å². The number of nitrogens with one attached hydrogen (secondary N) is 1. The maximum absolute atomic E-state index is 13.3. The van der Waals surface area contributed by atoms with Crippen molar-refractivity contribution in [3.8, 4) is 34.0 Å². The molecule has 0 unspecified atom stereocenters. The molecule has 5 aromatic rings. The first-order valence-electron chi connectivity index (χ1n) is 11.1. The second kappa shape index (κ2) is 9.35. The molecule has 0 aliphatic carbocycles. The van der Waals surface area contributed by atoms with Crippen LogP contribution in [0.1, 0.15) is 19.4 Å². The molecule has 5 nitrogen and oxygen atoms in total. The van der Waals surface area contributed by atoms with E-state index in [-0.39, 0.29) is 11.9 Å².